The zero-order chi connectivity index (χ0) is 21.6. The molecule has 6 nitrogen and oxygen atoms in total. The number of hydrogen-bond donors (Lipinski definition) is 1. The van der Waals surface area contributed by atoms with Crippen molar-refractivity contribution in [3.8, 4) is 16.9 Å². The zero-order valence-corrected chi connectivity index (χ0v) is 17.5. The van der Waals surface area contributed by atoms with Gasteiger partial charge in [-0.05, 0) is 48.7 Å². The van der Waals surface area contributed by atoms with Crippen LogP contribution in [-0.4, -0.2) is 41.4 Å². The fourth-order valence-electron chi connectivity index (χ4n) is 3.95. The number of amides is 2. The summed E-state index contributed by atoms with van der Waals surface area (Å²) in [6.45, 7) is 0.918. The van der Waals surface area contributed by atoms with Gasteiger partial charge in [-0.25, -0.2) is 0 Å². The van der Waals surface area contributed by atoms with E-state index < -0.39 is 6.04 Å². The second kappa shape index (κ2) is 9.43. The van der Waals surface area contributed by atoms with Crippen molar-refractivity contribution in [2.24, 2.45) is 0 Å². The van der Waals surface area contributed by atoms with E-state index in [-0.39, 0.29) is 11.8 Å². The summed E-state index contributed by atoms with van der Waals surface area (Å²) >= 11 is 0. The molecule has 158 valence electrons. The van der Waals surface area contributed by atoms with Crippen LogP contribution in [0.1, 0.15) is 28.9 Å². The first-order valence-corrected chi connectivity index (χ1v) is 10.4. The van der Waals surface area contributed by atoms with Gasteiger partial charge in [0, 0.05) is 23.9 Å². The van der Waals surface area contributed by atoms with Crippen molar-refractivity contribution in [1.29, 1.82) is 0 Å². The lowest BCUT2D eigenvalue weighted by molar-refractivity contribution is -0.125. The number of carbonyl (C=O) groups excluding carboxylic acids is 2. The van der Waals surface area contributed by atoms with Crippen molar-refractivity contribution in [2.75, 3.05) is 13.7 Å². The fourth-order valence-corrected chi connectivity index (χ4v) is 3.95. The fraction of sp³-hybridized carbons (Fsp3) is 0.240. The molecule has 3 aromatic rings. The van der Waals surface area contributed by atoms with Gasteiger partial charge in [0.15, 0.2) is 0 Å². The van der Waals surface area contributed by atoms with Crippen LogP contribution in [0.25, 0.3) is 11.1 Å². The van der Waals surface area contributed by atoms with Gasteiger partial charge < -0.3 is 15.0 Å². The monoisotopic (exact) mass is 415 g/mol. The molecule has 31 heavy (non-hydrogen) atoms. The lowest BCUT2D eigenvalue weighted by Gasteiger charge is -2.24. The summed E-state index contributed by atoms with van der Waals surface area (Å²) in [5.41, 5.74) is 3.17. The van der Waals surface area contributed by atoms with Gasteiger partial charge in [-0.2, -0.15) is 0 Å². The van der Waals surface area contributed by atoms with E-state index in [1.54, 1.807) is 24.3 Å². The van der Waals surface area contributed by atoms with E-state index in [0.29, 0.717) is 25.1 Å². The van der Waals surface area contributed by atoms with Crippen LogP contribution < -0.4 is 10.1 Å². The van der Waals surface area contributed by atoms with Gasteiger partial charge in [0.1, 0.15) is 11.8 Å². The number of methoxy groups -OCH3 is 1. The van der Waals surface area contributed by atoms with Crippen LogP contribution in [0.2, 0.25) is 0 Å². The number of aromatic nitrogens is 1. The molecule has 0 bridgehead atoms. The molecule has 1 N–H and O–H groups in total. The van der Waals surface area contributed by atoms with Gasteiger partial charge in [0.2, 0.25) is 5.91 Å². The van der Waals surface area contributed by atoms with Crippen molar-refractivity contribution in [1.82, 2.24) is 15.2 Å². The van der Waals surface area contributed by atoms with E-state index in [4.69, 9.17) is 4.74 Å². The minimum Gasteiger partial charge on any atom is -0.496 e. The standard InChI is InChI=1S/C25H25N3O3/c1-31-23-13-3-2-11-21(23)18-8-6-9-19(16-18)25(30)28-15-7-12-22(28)24(29)27-17-20-10-4-5-14-26-20/h2-6,8-11,13-14,16,22H,7,12,15,17H2,1H3,(H,27,29)/t22-/m0/s1. The number of para-hydroxylation sites is 1. The number of nitrogens with one attached hydrogen (secondary N) is 1. The molecule has 1 aliphatic heterocycles. The second-order valence-electron chi connectivity index (χ2n) is 7.48. The molecule has 0 aliphatic carbocycles. The molecule has 0 radical (unpaired) electrons. The maximum Gasteiger partial charge on any atom is 0.254 e. The molecule has 2 aromatic carbocycles. The van der Waals surface area contributed by atoms with Crippen LogP contribution in [0.3, 0.4) is 0 Å². The summed E-state index contributed by atoms with van der Waals surface area (Å²) in [5.74, 6) is 0.477. The molecule has 1 aromatic heterocycles. The Hall–Kier alpha value is -3.67. The van der Waals surface area contributed by atoms with Crippen molar-refractivity contribution >= 4 is 11.8 Å². The first kappa shape index (κ1) is 20.6. The number of likely N-dealkylation sites (tertiary alicyclic amines) is 1. The predicted molar refractivity (Wildman–Crippen MR) is 119 cm³/mol. The third-order valence-corrected chi connectivity index (χ3v) is 5.51. The molecule has 2 heterocycles. The molecular weight excluding hydrogens is 390 g/mol. The molecule has 1 saturated heterocycles. The lowest BCUT2D eigenvalue weighted by Crippen LogP contribution is -2.45. The molecule has 2 amide bonds. The number of carbonyl (C=O) groups is 2. The molecule has 4 rings (SSSR count). The molecule has 0 unspecified atom stereocenters. The highest BCUT2D eigenvalue weighted by atomic mass is 16.5. The molecule has 1 fully saturated rings. The van der Waals surface area contributed by atoms with Crippen LogP contribution in [-0.2, 0) is 11.3 Å². The highest BCUT2D eigenvalue weighted by Gasteiger charge is 2.34. The molecule has 1 aliphatic rings. The van der Waals surface area contributed by atoms with Crippen molar-refractivity contribution < 1.29 is 14.3 Å². The topological polar surface area (TPSA) is 71.5 Å². The third kappa shape index (κ3) is 4.58. The van der Waals surface area contributed by atoms with Crippen LogP contribution in [0, 0.1) is 0 Å². The number of benzene rings is 2. The predicted octanol–water partition coefficient (Wildman–Crippen LogP) is 3.68. The molecule has 1 atom stereocenters. The maximum absolute atomic E-state index is 13.3. The number of hydrogen-bond acceptors (Lipinski definition) is 4. The summed E-state index contributed by atoms with van der Waals surface area (Å²) in [4.78, 5) is 32.0. The van der Waals surface area contributed by atoms with Crippen molar-refractivity contribution in [3.05, 3.63) is 84.2 Å². The van der Waals surface area contributed by atoms with E-state index in [2.05, 4.69) is 10.3 Å². The Morgan fingerprint density at radius 1 is 1.10 bits per heavy atom. The van der Waals surface area contributed by atoms with Gasteiger partial charge in [0.05, 0.1) is 19.3 Å². The SMILES string of the molecule is COc1ccccc1-c1cccc(C(=O)N2CCC[C@H]2C(=O)NCc2ccccn2)c1. The Morgan fingerprint density at radius 2 is 1.94 bits per heavy atom. The zero-order valence-electron chi connectivity index (χ0n) is 17.5. The Kier molecular flexibility index (Phi) is 6.26. The number of rotatable bonds is 6. The maximum atomic E-state index is 13.3. The van der Waals surface area contributed by atoms with Gasteiger partial charge in [-0.15, -0.1) is 0 Å². The molecule has 6 heteroatoms. The number of pyridine rings is 1. The highest BCUT2D eigenvalue weighted by molar-refractivity contribution is 5.99. The summed E-state index contributed by atoms with van der Waals surface area (Å²) in [5, 5.41) is 2.92. The number of ether oxygens (including phenoxy) is 1. The number of nitrogens with zero attached hydrogens (tertiary/aromatic N) is 2. The van der Waals surface area contributed by atoms with Crippen LogP contribution in [0.15, 0.2) is 72.9 Å². The van der Waals surface area contributed by atoms with E-state index in [1.165, 1.54) is 0 Å². The Morgan fingerprint density at radius 3 is 2.74 bits per heavy atom. The molecule has 0 spiro atoms. The minimum atomic E-state index is -0.467. The summed E-state index contributed by atoms with van der Waals surface area (Å²) < 4.78 is 5.46. The van der Waals surface area contributed by atoms with Crippen molar-refractivity contribution in [3.63, 3.8) is 0 Å². The van der Waals surface area contributed by atoms with Crippen molar-refractivity contribution in [2.45, 2.75) is 25.4 Å². The van der Waals surface area contributed by atoms with Gasteiger partial charge in [-0.3, -0.25) is 14.6 Å². The van der Waals surface area contributed by atoms with Crippen LogP contribution in [0.4, 0.5) is 0 Å². The summed E-state index contributed by atoms with van der Waals surface area (Å²) in [6, 6.07) is 20.3. The molecular formula is C25H25N3O3. The van der Waals surface area contributed by atoms with Crippen LogP contribution in [0.5, 0.6) is 5.75 Å². The lowest BCUT2D eigenvalue weighted by atomic mass is 10.0. The molecule has 0 saturated carbocycles. The minimum absolute atomic E-state index is 0.132. The average molecular weight is 415 g/mol. The van der Waals surface area contributed by atoms with Gasteiger partial charge in [-0.1, -0.05) is 36.4 Å². The Bertz CT molecular complexity index is 1070. The van der Waals surface area contributed by atoms with Gasteiger partial charge in [0.25, 0.3) is 5.91 Å². The highest BCUT2D eigenvalue weighted by Crippen LogP contribution is 2.30. The van der Waals surface area contributed by atoms with Gasteiger partial charge >= 0.3 is 0 Å². The van der Waals surface area contributed by atoms with Crippen LogP contribution >= 0.6 is 0 Å². The Balaban J connectivity index is 1.50. The summed E-state index contributed by atoms with van der Waals surface area (Å²) in [7, 11) is 1.63. The van der Waals surface area contributed by atoms with E-state index in [1.807, 2.05) is 60.7 Å². The largest absolute Gasteiger partial charge is 0.496 e. The smallest absolute Gasteiger partial charge is 0.254 e. The second-order valence-corrected chi connectivity index (χ2v) is 7.48. The van der Waals surface area contributed by atoms with E-state index >= 15 is 0 Å². The Labute approximate surface area is 181 Å². The normalized spacial score (nSPS) is 15.5. The van der Waals surface area contributed by atoms with E-state index in [0.717, 1.165) is 29.0 Å². The first-order valence-electron chi connectivity index (χ1n) is 10.4. The average Bonchev–Trinajstić information content (AvgIpc) is 3.33. The summed E-state index contributed by atoms with van der Waals surface area (Å²) in [6.07, 6.45) is 3.16. The first-order chi connectivity index (χ1) is 15.2. The van der Waals surface area contributed by atoms with E-state index in [9.17, 15) is 9.59 Å². The third-order valence-electron chi connectivity index (χ3n) is 5.51. The quantitative estimate of drug-likeness (QED) is 0.667.